The van der Waals surface area contributed by atoms with Crippen LogP contribution in [-0.2, 0) is 12.8 Å². The number of phenols is 1. The Hall–Kier alpha value is -2.52. The van der Waals surface area contributed by atoms with Gasteiger partial charge in [0.25, 0.3) is 0 Å². The molecule has 24 heavy (non-hydrogen) atoms. The zero-order chi connectivity index (χ0) is 17.5. The number of benzene rings is 2. The molecule has 0 aliphatic rings. The number of nitrogens with zero attached hydrogens (tertiary/aromatic N) is 1. The number of phenolic OH excluding ortho intramolecular Hbond substituents is 1. The second-order valence-corrected chi connectivity index (χ2v) is 6.01. The number of hydrogen-bond donors (Lipinski definition) is 1. The summed E-state index contributed by atoms with van der Waals surface area (Å²) in [7, 11) is 3.93. The van der Waals surface area contributed by atoms with Crippen LogP contribution < -0.4 is 4.74 Å². The highest BCUT2D eigenvalue weighted by atomic mass is 16.5. The lowest BCUT2D eigenvalue weighted by Crippen LogP contribution is -2.18. The maximum Gasteiger partial charge on any atom is 0.141 e. The van der Waals surface area contributed by atoms with E-state index in [0.717, 1.165) is 34.4 Å². The van der Waals surface area contributed by atoms with E-state index < -0.39 is 0 Å². The molecule has 0 aromatic heterocycles. The normalized spacial score (nSPS) is 10.6. The topological polar surface area (TPSA) is 32.7 Å². The van der Waals surface area contributed by atoms with E-state index in [2.05, 4.69) is 19.2 Å². The van der Waals surface area contributed by atoms with Crippen LogP contribution in [0.15, 0.2) is 61.7 Å². The van der Waals surface area contributed by atoms with Crippen molar-refractivity contribution in [3.8, 4) is 22.6 Å². The maximum atomic E-state index is 10.2. The zero-order valence-electron chi connectivity index (χ0n) is 14.5. The smallest absolute Gasteiger partial charge is 0.141 e. The van der Waals surface area contributed by atoms with Gasteiger partial charge < -0.3 is 9.84 Å². The standard InChI is InChI=1S/C21H25NO2/c1-5-7-16-9-11-20(23)19(13-16)17-10-12-21(24-15-22(3)4)18(14-17)8-6-2/h5-6,9-14,23H,1-2,7-8,15H2,3-4H3. The lowest BCUT2D eigenvalue weighted by atomic mass is 9.97. The summed E-state index contributed by atoms with van der Waals surface area (Å²) in [5.74, 6) is 1.11. The first-order valence-corrected chi connectivity index (χ1v) is 7.99. The summed E-state index contributed by atoms with van der Waals surface area (Å²) in [6.07, 6.45) is 5.20. The summed E-state index contributed by atoms with van der Waals surface area (Å²) in [4.78, 5) is 1.97. The Kier molecular flexibility index (Phi) is 6.21. The fourth-order valence-corrected chi connectivity index (χ4v) is 2.51. The Labute approximate surface area is 144 Å². The van der Waals surface area contributed by atoms with Crippen LogP contribution in [0.25, 0.3) is 11.1 Å². The molecule has 0 saturated heterocycles. The first-order valence-electron chi connectivity index (χ1n) is 7.99. The van der Waals surface area contributed by atoms with Gasteiger partial charge in [-0.05, 0) is 67.9 Å². The summed E-state index contributed by atoms with van der Waals surface area (Å²) in [6, 6.07) is 11.6. The predicted octanol–water partition coefficient (Wildman–Crippen LogP) is 4.41. The number of ether oxygens (including phenoxy) is 1. The van der Waals surface area contributed by atoms with Gasteiger partial charge in [-0.25, -0.2) is 0 Å². The minimum absolute atomic E-state index is 0.273. The van der Waals surface area contributed by atoms with Crippen molar-refractivity contribution in [2.75, 3.05) is 20.8 Å². The average molecular weight is 323 g/mol. The summed E-state index contributed by atoms with van der Waals surface area (Å²) in [5, 5.41) is 10.2. The molecule has 0 bridgehead atoms. The molecule has 126 valence electrons. The summed E-state index contributed by atoms with van der Waals surface area (Å²) in [6.45, 7) is 8.11. The molecule has 0 spiro atoms. The average Bonchev–Trinajstić information content (AvgIpc) is 2.56. The van der Waals surface area contributed by atoms with Crippen molar-refractivity contribution in [1.82, 2.24) is 4.90 Å². The zero-order valence-corrected chi connectivity index (χ0v) is 14.5. The fourth-order valence-electron chi connectivity index (χ4n) is 2.51. The molecule has 0 atom stereocenters. The van der Waals surface area contributed by atoms with E-state index in [1.807, 2.05) is 55.4 Å². The number of allylic oxidation sites excluding steroid dienone is 2. The van der Waals surface area contributed by atoms with Crippen molar-refractivity contribution in [3.63, 3.8) is 0 Å². The van der Waals surface area contributed by atoms with Gasteiger partial charge in [0, 0.05) is 5.56 Å². The first-order chi connectivity index (χ1) is 11.5. The van der Waals surface area contributed by atoms with Crippen molar-refractivity contribution < 1.29 is 9.84 Å². The third-order valence-electron chi connectivity index (χ3n) is 3.65. The minimum Gasteiger partial charge on any atom is -0.507 e. The molecular formula is C21H25NO2. The van der Waals surface area contributed by atoms with Gasteiger partial charge in [-0.2, -0.15) is 0 Å². The minimum atomic E-state index is 0.273. The van der Waals surface area contributed by atoms with Crippen molar-refractivity contribution in [3.05, 3.63) is 72.8 Å². The van der Waals surface area contributed by atoms with Crippen LogP contribution in [-0.4, -0.2) is 30.8 Å². The number of hydrogen-bond acceptors (Lipinski definition) is 3. The lowest BCUT2D eigenvalue weighted by Gasteiger charge is -2.16. The molecule has 0 fully saturated rings. The highest BCUT2D eigenvalue weighted by Gasteiger charge is 2.10. The van der Waals surface area contributed by atoms with E-state index >= 15 is 0 Å². The Morgan fingerprint density at radius 3 is 2.46 bits per heavy atom. The Bertz CT molecular complexity index is 720. The largest absolute Gasteiger partial charge is 0.507 e. The molecular weight excluding hydrogens is 298 g/mol. The SMILES string of the molecule is C=CCc1ccc(O)c(-c2ccc(OCN(C)C)c(CC=C)c2)c1. The van der Waals surface area contributed by atoms with E-state index in [0.29, 0.717) is 13.2 Å². The second kappa shape index (κ2) is 8.37. The van der Waals surface area contributed by atoms with Crippen LogP contribution in [0.3, 0.4) is 0 Å². The first kappa shape index (κ1) is 17.8. The summed E-state index contributed by atoms with van der Waals surface area (Å²) >= 11 is 0. The van der Waals surface area contributed by atoms with Crippen LogP contribution in [0.4, 0.5) is 0 Å². The number of aromatic hydroxyl groups is 1. The molecule has 2 aromatic carbocycles. The Balaban J connectivity index is 2.40. The molecule has 1 N–H and O–H groups in total. The Morgan fingerprint density at radius 1 is 1.04 bits per heavy atom. The van der Waals surface area contributed by atoms with E-state index in [1.165, 1.54) is 0 Å². The van der Waals surface area contributed by atoms with Crippen LogP contribution in [0.2, 0.25) is 0 Å². The van der Waals surface area contributed by atoms with Crippen LogP contribution in [0, 0.1) is 0 Å². The molecule has 3 nitrogen and oxygen atoms in total. The van der Waals surface area contributed by atoms with Gasteiger partial charge in [-0.15, -0.1) is 13.2 Å². The van der Waals surface area contributed by atoms with Crippen LogP contribution in [0.5, 0.6) is 11.5 Å². The fraction of sp³-hybridized carbons (Fsp3) is 0.238. The lowest BCUT2D eigenvalue weighted by molar-refractivity contribution is 0.178. The molecule has 0 aliphatic carbocycles. The van der Waals surface area contributed by atoms with Gasteiger partial charge in [0.1, 0.15) is 18.2 Å². The van der Waals surface area contributed by atoms with Crippen LogP contribution >= 0.6 is 0 Å². The van der Waals surface area contributed by atoms with Crippen molar-refractivity contribution in [2.24, 2.45) is 0 Å². The highest BCUT2D eigenvalue weighted by Crippen LogP contribution is 2.33. The molecule has 2 rings (SSSR count). The van der Waals surface area contributed by atoms with E-state index in [1.54, 1.807) is 6.07 Å². The third-order valence-corrected chi connectivity index (χ3v) is 3.65. The Morgan fingerprint density at radius 2 is 1.79 bits per heavy atom. The molecule has 0 radical (unpaired) electrons. The van der Waals surface area contributed by atoms with Crippen molar-refractivity contribution in [2.45, 2.75) is 12.8 Å². The molecule has 0 heterocycles. The quantitative estimate of drug-likeness (QED) is 0.577. The maximum absolute atomic E-state index is 10.2. The van der Waals surface area contributed by atoms with Gasteiger partial charge in [0.05, 0.1) is 0 Å². The highest BCUT2D eigenvalue weighted by molar-refractivity contribution is 5.72. The van der Waals surface area contributed by atoms with Crippen molar-refractivity contribution in [1.29, 1.82) is 0 Å². The predicted molar refractivity (Wildman–Crippen MR) is 101 cm³/mol. The van der Waals surface area contributed by atoms with Gasteiger partial charge in [-0.3, -0.25) is 4.90 Å². The molecule has 2 aromatic rings. The molecule has 3 heteroatoms. The van der Waals surface area contributed by atoms with Gasteiger partial charge in [-0.1, -0.05) is 24.3 Å². The van der Waals surface area contributed by atoms with Gasteiger partial charge >= 0.3 is 0 Å². The van der Waals surface area contributed by atoms with E-state index in [-0.39, 0.29) is 5.75 Å². The summed E-state index contributed by atoms with van der Waals surface area (Å²) < 4.78 is 5.84. The van der Waals surface area contributed by atoms with Gasteiger partial charge in [0.2, 0.25) is 0 Å². The van der Waals surface area contributed by atoms with E-state index in [4.69, 9.17) is 4.74 Å². The monoisotopic (exact) mass is 323 g/mol. The molecule has 0 amide bonds. The van der Waals surface area contributed by atoms with Crippen LogP contribution in [0.1, 0.15) is 11.1 Å². The number of rotatable bonds is 8. The van der Waals surface area contributed by atoms with E-state index in [9.17, 15) is 5.11 Å². The molecule has 0 unspecified atom stereocenters. The third kappa shape index (κ3) is 4.49. The van der Waals surface area contributed by atoms with Gasteiger partial charge in [0.15, 0.2) is 0 Å². The second-order valence-electron chi connectivity index (χ2n) is 6.01. The summed E-state index contributed by atoms with van der Waals surface area (Å²) in [5.41, 5.74) is 3.96. The molecule has 0 saturated carbocycles. The molecule has 0 aliphatic heterocycles. The van der Waals surface area contributed by atoms with Crippen molar-refractivity contribution >= 4 is 0 Å².